The molecule has 2 aromatic rings. The van der Waals surface area contributed by atoms with E-state index >= 15 is 0 Å². The molecule has 1 fully saturated rings. The number of aromatic nitrogens is 2. The van der Waals surface area contributed by atoms with Crippen molar-refractivity contribution in [2.24, 2.45) is 0 Å². The number of ether oxygens (including phenoxy) is 2. The van der Waals surface area contributed by atoms with Gasteiger partial charge in [0.25, 0.3) is 5.91 Å². The first-order chi connectivity index (χ1) is 13.4. The molecule has 1 aromatic carbocycles. The van der Waals surface area contributed by atoms with E-state index in [-0.39, 0.29) is 17.5 Å². The number of amides is 1. The predicted octanol–water partition coefficient (Wildman–Crippen LogP) is 2.79. The quantitative estimate of drug-likeness (QED) is 0.785. The number of carboxylic acid groups (broad SMARTS) is 1. The third kappa shape index (κ3) is 4.30. The maximum atomic E-state index is 14.2. The topological polar surface area (TPSA) is 103 Å². The molecule has 1 atom stereocenters. The second-order valence-corrected chi connectivity index (χ2v) is 6.63. The zero-order chi connectivity index (χ0) is 20.3. The molecular weight excluding hydrogens is 369 g/mol. The summed E-state index contributed by atoms with van der Waals surface area (Å²) in [7, 11) is 0. The van der Waals surface area contributed by atoms with Crippen molar-refractivity contribution < 1.29 is 28.6 Å². The van der Waals surface area contributed by atoms with E-state index in [0.29, 0.717) is 18.8 Å². The Labute approximate surface area is 161 Å². The summed E-state index contributed by atoms with van der Waals surface area (Å²) in [5.41, 5.74) is 1.38. The van der Waals surface area contributed by atoms with Gasteiger partial charge in [-0.05, 0) is 38.8 Å². The van der Waals surface area contributed by atoms with Crippen LogP contribution in [0.1, 0.15) is 41.9 Å². The fourth-order valence-electron chi connectivity index (χ4n) is 3.06. The highest BCUT2D eigenvalue weighted by molar-refractivity contribution is 6.04. The number of carboxylic acids is 1. The Kier molecular flexibility index (Phi) is 5.93. The van der Waals surface area contributed by atoms with Crippen molar-refractivity contribution in [2.45, 2.75) is 38.8 Å². The Balaban J connectivity index is 1.70. The average molecular weight is 391 g/mol. The maximum absolute atomic E-state index is 14.2. The Morgan fingerprint density at radius 2 is 2.11 bits per heavy atom. The highest BCUT2D eigenvalue weighted by Gasteiger charge is 2.22. The minimum atomic E-state index is -1.20. The van der Waals surface area contributed by atoms with E-state index in [0.717, 1.165) is 24.6 Å². The van der Waals surface area contributed by atoms with Crippen molar-refractivity contribution in [1.29, 1.82) is 0 Å². The van der Waals surface area contributed by atoms with Crippen LogP contribution in [0.5, 0.6) is 5.75 Å². The lowest BCUT2D eigenvalue weighted by molar-refractivity contribution is -0.144. The first kappa shape index (κ1) is 19.8. The molecule has 1 aliphatic heterocycles. The Morgan fingerprint density at radius 1 is 1.39 bits per heavy atom. The molecule has 1 aromatic heterocycles. The van der Waals surface area contributed by atoms with Crippen LogP contribution in [-0.4, -0.2) is 46.1 Å². The van der Waals surface area contributed by atoms with E-state index in [1.165, 1.54) is 25.3 Å². The van der Waals surface area contributed by atoms with Crippen molar-refractivity contribution in [3.8, 4) is 5.75 Å². The summed E-state index contributed by atoms with van der Waals surface area (Å²) in [4.78, 5) is 23.4. The van der Waals surface area contributed by atoms with E-state index in [4.69, 9.17) is 14.6 Å². The van der Waals surface area contributed by atoms with Crippen molar-refractivity contribution in [3.63, 3.8) is 0 Å². The van der Waals surface area contributed by atoms with Gasteiger partial charge in [-0.1, -0.05) is 0 Å². The molecule has 2 heterocycles. The third-order valence-corrected chi connectivity index (χ3v) is 4.67. The molecule has 8 nitrogen and oxygen atoms in total. The third-order valence-electron chi connectivity index (χ3n) is 4.67. The van der Waals surface area contributed by atoms with Gasteiger partial charge in [0.1, 0.15) is 0 Å². The van der Waals surface area contributed by atoms with Gasteiger partial charge in [0.2, 0.25) is 0 Å². The average Bonchev–Trinajstić information content (AvgIpc) is 3.06. The largest absolute Gasteiger partial charge is 0.479 e. The van der Waals surface area contributed by atoms with E-state index in [1.807, 2.05) is 11.6 Å². The van der Waals surface area contributed by atoms with Gasteiger partial charge < -0.3 is 19.9 Å². The number of carbonyl (C=O) groups excluding carboxylic acids is 1. The summed E-state index contributed by atoms with van der Waals surface area (Å²) in [5, 5.41) is 15.8. The number of benzene rings is 1. The fraction of sp³-hybridized carbons (Fsp3) is 0.421. The van der Waals surface area contributed by atoms with E-state index in [9.17, 15) is 14.0 Å². The second-order valence-electron chi connectivity index (χ2n) is 6.63. The molecular formula is C19H22FN3O5. The Hall–Kier alpha value is -2.94. The van der Waals surface area contributed by atoms with Crippen LogP contribution in [0.4, 0.5) is 10.1 Å². The summed E-state index contributed by atoms with van der Waals surface area (Å²) < 4.78 is 26.4. The molecule has 2 N–H and O–H groups in total. The molecule has 0 aliphatic carbocycles. The van der Waals surface area contributed by atoms with E-state index in [1.54, 1.807) is 0 Å². The standard InChI is InChI=1S/C19H22FN3O5/c1-11-15(10-21-23(11)14-5-7-27-8-6-14)18(24)22-13-3-4-17(16(20)9-13)28-12(2)19(25)26/h3-4,9-10,12,14H,5-8H2,1-2H3,(H,22,24)(H,25,26). The number of anilines is 1. The van der Waals surface area contributed by atoms with Crippen LogP contribution in [0, 0.1) is 12.7 Å². The number of aliphatic carboxylic acids is 1. The van der Waals surface area contributed by atoms with Crippen LogP contribution >= 0.6 is 0 Å². The molecule has 9 heteroatoms. The Bertz CT molecular complexity index is 876. The van der Waals surface area contributed by atoms with Crippen molar-refractivity contribution >= 4 is 17.6 Å². The van der Waals surface area contributed by atoms with Crippen LogP contribution in [0.2, 0.25) is 0 Å². The summed E-state index contributed by atoms with van der Waals surface area (Å²) >= 11 is 0. The first-order valence-corrected chi connectivity index (χ1v) is 8.99. The maximum Gasteiger partial charge on any atom is 0.344 e. The zero-order valence-electron chi connectivity index (χ0n) is 15.6. The molecule has 1 unspecified atom stereocenters. The van der Waals surface area contributed by atoms with Crippen LogP contribution in [0.15, 0.2) is 24.4 Å². The molecule has 3 rings (SSSR count). The smallest absolute Gasteiger partial charge is 0.344 e. The minimum Gasteiger partial charge on any atom is -0.479 e. The van der Waals surface area contributed by atoms with E-state index in [2.05, 4.69) is 10.4 Å². The SMILES string of the molecule is Cc1c(C(=O)Nc2ccc(OC(C)C(=O)O)c(F)c2)cnn1C1CCOCC1. The summed E-state index contributed by atoms with van der Waals surface area (Å²) in [6.07, 6.45) is 1.99. The summed E-state index contributed by atoms with van der Waals surface area (Å²) in [6.45, 7) is 4.46. The number of hydrogen-bond donors (Lipinski definition) is 2. The van der Waals surface area contributed by atoms with Crippen LogP contribution in [0.25, 0.3) is 0 Å². The monoisotopic (exact) mass is 391 g/mol. The second kappa shape index (κ2) is 8.39. The molecule has 150 valence electrons. The number of nitrogens with one attached hydrogen (secondary N) is 1. The van der Waals surface area contributed by atoms with Crippen LogP contribution < -0.4 is 10.1 Å². The van der Waals surface area contributed by atoms with Crippen LogP contribution in [-0.2, 0) is 9.53 Å². The lowest BCUT2D eigenvalue weighted by Gasteiger charge is -2.23. The van der Waals surface area contributed by atoms with Gasteiger partial charge in [-0.15, -0.1) is 0 Å². The van der Waals surface area contributed by atoms with Gasteiger partial charge in [0.15, 0.2) is 17.7 Å². The van der Waals surface area contributed by atoms with Crippen molar-refractivity contribution in [3.05, 3.63) is 41.5 Å². The van der Waals surface area contributed by atoms with Gasteiger partial charge in [0.05, 0.1) is 17.8 Å². The molecule has 1 amide bonds. The molecule has 1 aliphatic rings. The highest BCUT2D eigenvalue weighted by atomic mass is 19.1. The van der Waals surface area contributed by atoms with Gasteiger partial charge >= 0.3 is 5.97 Å². The minimum absolute atomic E-state index is 0.195. The van der Waals surface area contributed by atoms with Gasteiger partial charge in [0, 0.05) is 30.7 Å². The van der Waals surface area contributed by atoms with Gasteiger partial charge in [-0.2, -0.15) is 5.10 Å². The fourth-order valence-corrected chi connectivity index (χ4v) is 3.06. The number of nitrogens with zero attached hydrogens (tertiary/aromatic N) is 2. The van der Waals surface area contributed by atoms with Crippen molar-refractivity contribution in [2.75, 3.05) is 18.5 Å². The summed E-state index contributed by atoms with van der Waals surface area (Å²) in [6, 6.07) is 4.01. The molecule has 28 heavy (non-hydrogen) atoms. The number of hydrogen-bond acceptors (Lipinski definition) is 5. The zero-order valence-corrected chi connectivity index (χ0v) is 15.6. The molecule has 0 radical (unpaired) electrons. The lowest BCUT2D eigenvalue weighted by atomic mass is 10.1. The van der Waals surface area contributed by atoms with Crippen molar-refractivity contribution in [1.82, 2.24) is 9.78 Å². The number of rotatable bonds is 6. The van der Waals surface area contributed by atoms with Gasteiger partial charge in [-0.3, -0.25) is 9.48 Å². The molecule has 0 bridgehead atoms. The van der Waals surface area contributed by atoms with Crippen LogP contribution in [0.3, 0.4) is 0 Å². The molecule has 0 saturated carbocycles. The molecule has 1 saturated heterocycles. The highest BCUT2D eigenvalue weighted by Crippen LogP contribution is 2.25. The number of carbonyl (C=O) groups is 2. The summed E-state index contributed by atoms with van der Waals surface area (Å²) in [5.74, 6) is -2.56. The first-order valence-electron chi connectivity index (χ1n) is 8.99. The molecule has 0 spiro atoms. The van der Waals surface area contributed by atoms with E-state index < -0.39 is 23.8 Å². The van der Waals surface area contributed by atoms with Gasteiger partial charge in [-0.25, -0.2) is 9.18 Å². The predicted molar refractivity (Wildman–Crippen MR) is 98.1 cm³/mol. The Morgan fingerprint density at radius 3 is 2.75 bits per heavy atom. The lowest BCUT2D eigenvalue weighted by Crippen LogP contribution is -2.23. The number of halogens is 1. The normalized spacial score (nSPS) is 15.8.